The normalized spacial score (nSPS) is 15.0. The Morgan fingerprint density at radius 2 is 1.57 bits per heavy atom. The van der Waals surface area contributed by atoms with E-state index in [1.54, 1.807) is 24.3 Å². The molecule has 0 spiro atoms. The first-order valence-corrected chi connectivity index (χ1v) is 9.88. The van der Waals surface area contributed by atoms with Crippen LogP contribution in [-0.4, -0.2) is 24.1 Å². The zero-order valence-electron chi connectivity index (χ0n) is 16.7. The number of para-hydroxylation sites is 1. The number of amides is 2. The van der Waals surface area contributed by atoms with Crippen molar-refractivity contribution < 1.29 is 14.4 Å². The van der Waals surface area contributed by atoms with Gasteiger partial charge in [0.25, 0.3) is 0 Å². The van der Waals surface area contributed by atoms with Gasteiger partial charge in [-0.05, 0) is 30.7 Å². The smallest absolute Gasteiger partial charge is 0.235 e. The Morgan fingerprint density at radius 1 is 0.900 bits per heavy atom. The number of carbonyl (C=O) groups is 3. The molecule has 0 aromatic heterocycles. The molecule has 2 amide bonds. The molecule has 3 aromatic carbocycles. The molecule has 0 saturated heterocycles. The second-order valence-corrected chi connectivity index (χ2v) is 7.44. The average molecular weight is 398 g/mol. The molecule has 0 fully saturated rings. The summed E-state index contributed by atoms with van der Waals surface area (Å²) in [5.41, 5.74) is 3.83. The molecule has 3 aromatic rings. The van der Waals surface area contributed by atoms with E-state index in [1.807, 2.05) is 61.5 Å². The van der Waals surface area contributed by atoms with Gasteiger partial charge in [0, 0.05) is 23.4 Å². The van der Waals surface area contributed by atoms with Crippen LogP contribution in [0.1, 0.15) is 33.8 Å². The number of fused-ring (bicyclic) bond motifs is 1. The summed E-state index contributed by atoms with van der Waals surface area (Å²) >= 11 is 0. The topological polar surface area (TPSA) is 66.5 Å². The highest BCUT2D eigenvalue weighted by Gasteiger charge is 2.39. The zero-order chi connectivity index (χ0) is 21.1. The first-order valence-electron chi connectivity index (χ1n) is 9.88. The van der Waals surface area contributed by atoms with E-state index < -0.39 is 5.92 Å². The van der Waals surface area contributed by atoms with Crippen LogP contribution in [0.25, 0.3) is 0 Å². The van der Waals surface area contributed by atoms with Crippen LogP contribution in [0.15, 0.2) is 78.9 Å². The van der Waals surface area contributed by atoms with E-state index in [2.05, 4.69) is 5.32 Å². The van der Waals surface area contributed by atoms with Crippen LogP contribution < -0.4 is 10.2 Å². The van der Waals surface area contributed by atoms with Crippen LogP contribution in [0, 0.1) is 6.92 Å². The van der Waals surface area contributed by atoms with Crippen LogP contribution in [0.5, 0.6) is 0 Å². The van der Waals surface area contributed by atoms with E-state index >= 15 is 0 Å². The lowest BCUT2D eigenvalue weighted by Gasteiger charge is -2.17. The third-order valence-corrected chi connectivity index (χ3v) is 5.29. The SMILES string of the molecule is Cc1ccc(NC(=O)CC2C(=O)N(CC(=O)c3ccccc3)c3ccccc32)cc1. The second-order valence-electron chi connectivity index (χ2n) is 7.44. The standard InChI is InChI=1S/C25H22N2O3/c1-17-11-13-19(14-12-17)26-24(29)15-21-20-9-5-6-10-22(20)27(25(21)30)16-23(28)18-7-3-2-4-8-18/h2-14,21H,15-16H2,1H3,(H,26,29). The second kappa shape index (κ2) is 8.33. The van der Waals surface area contributed by atoms with Crippen molar-refractivity contribution in [2.24, 2.45) is 0 Å². The molecule has 1 atom stereocenters. The number of anilines is 2. The number of carbonyl (C=O) groups excluding carboxylic acids is 3. The molecule has 1 unspecified atom stereocenters. The van der Waals surface area contributed by atoms with Gasteiger partial charge in [-0.25, -0.2) is 0 Å². The molecule has 0 aliphatic carbocycles. The minimum absolute atomic E-state index is 0.0275. The van der Waals surface area contributed by atoms with Crippen molar-refractivity contribution in [2.45, 2.75) is 19.3 Å². The largest absolute Gasteiger partial charge is 0.326 e. The molecule has 1 aliphatic heterocycles. The first-order chi connectivity index (χ1) is 14.5. The number of hydrogen-bond donors (Lipinski definition) is 1. The van der Waals surface area contributed by atoms with E-state index in [9.17, 15) is 14.4 Å². The number of ketones is 1. The fourth-order valence-corrected chi connectivity index (χ4v) is 3.72. The van der Waals surface area contributed by atoms with Crippen LogP contribution in [0.2, 0.25) is 0 Å². The lowest BCUT2D eigenvalue weighted by Crippen LogP contribution is -2.34. The highest BCUT2D eigenvalue weighted by molar-refractivity contribution is 6.12. The summed E-state index contributed by atoms with van der Waals surface area (Å²) in [6, 6.07) is 23.8. The Hall–Kier alpha value is -3.73. The Bertz CT molecular complexity index is 1090. The van der Waals surface area contributed by atoms with Crippen molar-refractivity contribution >= 4 is 29.0 Å². The summed E-state index contributed by atoms with van der Waals surface area (Å²) in [5.74, 6) is -1.19. The molecule has 0 saturated carbocycles. The first kappa shape index (κ1) is 19.6. The number of hydrogen-bond acceptors (Lipinski definition) is 3. The van der Waals surface area contributed by atoms with Gasteiger partial charge in [0.15, 0.2) is 5.78 Å². The summed E-state index contributed by atoms with van der Waals surface area (Å²) in [7, 11) is 0. The van der Waals surface area contributed by atoms with Crippen molar-refractivity contribution in [2.75, 3.05) is 16.8 Å². The number of nitrogens with zero attached hydrogens (tertiary/aromatic N) is 1. The van der Waals surface area contributed by atoms with Gasteiger partial charge in [0.05, 0.1) is 12.5 Å². The third-order valence-electron chi connectivity index (χ3n) is 5.29. The summed E-state index contributed by atoms with van der Waals surface area (Å²) in [6.07, 6.45) is 0.0275. The van der Waals surface area contributed by atoms with Gasteiger partial charge in [-0.1, -0.05) is 66.2 Å². The Kier molecular flexibility index (Phi) is 5.44. The Balaban J connectivity index is 1.52. The molecule has 0 radical (unpaired) electrons. The maximum atomic E-state index is 13.2. The van der Waals surface area contributed by atoms with Crippen molar-refractivity contribution in [3.63, 3.8) is 0 Å². The van der Waals surface area contributed by atoms with E-state index in [1.165, 1.54) is 4.90 Å². The molecule has 5 nitrogen and oxygen atoms in total. The molecule has 1 N–H and O–H groups in total. The predicted molar refractivity (Wildman–Crippen MR) is 117 cm³/mol. The van der Waals surface area contributed by atoms with Gasteiger partial charge in [0.2, 0.25) is 11.8 Å². The third kappa shape index (κ3) is 4.01. The van der Waals surface area contributed by atoms with E-state index in [0.717, 1.165) is 11.1 Å². The molecule has 150 valence electrons. The number of aryl methyl sites for hydroxylation is 1. The summed E-state index contributed by atoms with van der Waals surface area (Å²) in [6.45, 7) is 1.93. The summed E-state index contributed by atoms with van der Waals surface area (Å²) in [4.78, 5) is 39.9. The van der Waals surface area contributed by atoms with E-state index in [0.29, 0.717) is 16.9 Å². The van der Waals surface area contributed by atoms with Crippen LogP contribution >= 0.6 is 0 Å². The molecule has 30 heavy (non-hydrogen) atoms. The minimum atomic E-state index is -0.602. The van der Waals surface area contributed by atoms with Gasteiger partial charge in [-0.15, -0.1) is 0 Å². The average Bonchev–Trinajstić information content (AvgIpc) is 3.02. The zero-order valence-corrected chi connectivity index (χ0v) is 16.7. The summed E-state index contributed by atoms with van der Waals surface area (Å²) < 4.78 is 0. The summed E-state index contributed by atoms with van der Waals surface area (Å²) in [5, 5.41) is 2.85. The van der Waals surface area contributed by atoms with E-state index in [4.69, 9.17) is 0 Å². The van der Waals surface area contributed by atoms with Crippen molar-refractivity contribution in [3.05, 3.63) is 95.6 Å². The lowest BCUT2D eigenvalue weighted by molar-refractivity contribution is -0.123. The fourth-order valence-electron chi connectivity index (χ4n) is 3.72. The number of rotatable bonds is 6. The lowest BCUT2D eigenvalue weighted by atomic mass is 9.97. The quantitative estimate of drug-likeness (QED) is 0.628. The van der Waals surface area contributed by atoms with Gasteiger partial charge in [0.1, 0.15) is 0 Å². The van der Waals surface area contributed by atoms with Crippen molar-refractivity contribution in [1.82, 2.24) is 0 Å². The van der Waals surface area contributed by atoms with Gasteiger partial charge >= 0.3 is 0 Å². The minimum Gasteiger partial charge on any atom is -0.326 e. The Morgan fingerprint density at radius 3 is 2.30 bits per heavy atom. The highest BCUT2D eigenvalue weighted by Crippen LogP contribution is 2.39. The maximum Gasteiger partial charge on any atom is 0.235 e. The number of Topliss-reactive ketones (excluding diaryl/α,β-unsaturated/α-hetero) is 1. The molecule has 5 heteroatoms. The van der Waals surface area contributed by atoms with E-state index in [-0.39, 0.29) is 30.6 Å². The van der Waals surface area contributed by atoms with Crippen LogP contribution in [-0.2, 0) is 9.59 Å². The number of benzene rings is 3. The number of nitrogens with one attached hydrogen (secondary N) is 1. The van der Waals surface area contributed by atoms with Crippen LogP contribution in [0.3, 0.4) is 0 Å². The van der Waals surface area contributed by atoms with Gasteiger partial charge < -0.3 is 10.2 Å². The monoisotopic (exact) mass is 398 g/mol. The van der Waals surface area contributed by atoms with Gasteiger partial charge in [-0.2, -0.15) is 0 Å². The molecule has 4 rings (SSSR count). The molecule has 0 bridgehead atoms. The molecule has 1 heterocycles. The van der Waals surface area contributed by atoms with Crippen molar-refractivity contribution in [3.8, 4) is 0 Å². The maximum absolute atomic E-state index is 13.2. The molecule has 1 aliphatic rings. The molecular weight excluding hydrogens is 376 g/mol. The van der Waals surface area contributed by atoms with Crippen molar-refractivity contribution in [1.29, 1.82) is 0 Å². The highest BCUT2D eigenvalue weighted by atomic mass is 16.2. The molecular formula is C25H22N2O3. The predicted octanol–water partition coefficient (Wildman–Crippen LogP) is 4.34. The van der Waals surface area contributed by atoms with Gasteiger partial charge in [-0.3, -0.25) is 14.4 Å². The fraction of sp³-hybridized carbons (Fsp3) is 0.160. The van der Waals surface area contributed by atoms with Crippen LogP contribution in [0.4, 0.5) is 11.4 Å². The Labute approximate surface area is 175 Å².